The first-order chi connectivity index (χ1) is 9.20. The molecule has 2 rings (SSSR count). The van der Waals surface area contributed by atoms with Crippen LogP contribution in [0.2, 0.25) is 0 Å². The number of hydrogen-bond acceptors (Lipinski definition) is 2. The Morgan fingerprint density at radius 1 is 1.26 bits per heavy atom. The zero-order chi connectivity index (χ0) is 13.7. The van der Waals surface area contributed by atoms with Crippen LogP contribution in [0.1, 0.15) is 51.0 Å². The summed E-state index contributed by atoms with van der Waals surface area (Å²) in [7, 11) is 1.75. The molecule has 1 aromatic carbocycles. The summed E-state index contributed by atoms with van der Waals surface area (Å²) in [6, 6.07) is 9.17. The van der Waals surface area contributed by atoms with E-state index in [0.29, 0.717) is 12.0 Å². The van der Waals surface area contributed by atoms with Gasteiger partial charge in [-0.3, -0.25) is 0 Å². The lowest BCUT2D eigenvalue weighted by Gasteiger charge is -2.26. The van der Waals surface area contributed by atoms with Gasteiger partial charge in [-0.2, -0.15) is 0 Å². The van der Waals surface area contributed by atoms with Crippen LogP contribution >= 0.6 is 0 Å². The third-order valence-corrected chi connectivity index (χ3v) is 4.24. The van der Waals surface area contributed by atoms with E-state index in [1.54, 1.807) is 7.11 Å². The van der Waals surface area contributed by atoms with Gasteiger partial charge in [0.2, 0.25) is 0 Å². The van der Waals surface area contributed by atoms with Gasteiger partial charge < -0.3 is 10.1 Å². The molecule has 1 aromatic rings. The Morgan fingerprint density at radius 3 is 2.63 bits per heavy atom. The minimum Gasteiger partial charge on any atom is -0.497 e. The second-order valence-corrected chi connectivity index (χ2v) is 5.99. The molecule has 1 aliphatic carbocycles. The lowest BCUT2D eigenvalue weighted by atomic mass is 9.84. The Kier molecular flexibility index (Phi) is 5.26. The van der Waals surface area contributed by atoms with E-state index >= 15 is 0 Å². The molecule has 1 unspecified atom stereocenters. The number of methoxy groups -OCH3 is 1. The largest absolute Gasteiger partial charge is 0.497 e. The highest BCUT2D eigenvalue weighted by Gasteiger charge is 2.26. The van der Waals surface area contributed by atoms with Gasteiger partial charge in [-0.15, -0.1) is 0 Å². The highest BCUT2D eigenvalue weighted by Crippen LogP contribution is 2.37. The van der Waals surface area contributed by atoms with Gasteiger partial charge in [0, 0.05) is 12.6 Å². The zero-order valence-electron chi connectivity index (χ0n) is 12.5. The molecule has 1 N–H and O–H groups in total. The van der Waals surface area contributed by atoms with Crippen LogP contribution in [0, 0.1) is 5.92 Å². The Morgan fingerprint density at radius 2 is 2.00 bits per heavy atom. The molecule has 0 spiro atoms. The van der Waals surface area contributed by atoms with E-state index in [2.05, 4.69) is 37.4 Å². The van der Waals surface area contributed by atoms with Crippen LogP contribution in [-0.4, -0.2) is 19.7 Å². The van der Waals surface area contributed by atoms with Gasteiger partial charge in [0.1, 0.15) is 5.75 Å². The third kappa shape index (κ3) is 3.97. The van der Waals surface area contributed by atoms with E-state index < -0.39 is 0 Å². The summed E-state index contributed by atoms with van der Waals surface area (Å²) in [5.74, 6) is 2.43. The summed E-state index contributed by atoms with van der Waals surface area (Å²) in [5.41, 5.74) is 1.43. The van der Waals surface area contributed by atoms with Crippen molar-refractivity contribution < 1.29 is 4.74 Å². The van der Waals surface area contributed by atoms with E-state index in [-0.39, 0.29) is 0 Å². The molecule has 0 aromatic heterocycles. The molecule has 2 nitrogen and oxygen atoms in total. The van der Waals surface area contributed by atoms with Gasteiger partial charge >= 0.3 is 0 Å². The van der Waals surface area contributed by atoms with Crippen molar-refractivity contribution in [2.45, 2.75) is 51.5 Å². The minimum absolute atomic E-state index is 0.550. The fraction of sp³-hybridized carbons (Fsp3) is 0.647. The maximum Gasteiger partial charge on any atom is 0.119 e. The minimum atomic E-state index is 0.550. The van der Waals surface area contributed by atoms with Crippen molar-refractivity contribution in [2.75, 3.05) is 13.7 Å². The van der Waals surface area contributed by atoms with Gasteiger partial charge in [-0.05, 0) is 42.4 Å². The summed E-state index contributed by atoms with van der Waals surface area (Å²) < 4.78 is 5.37. The Labute approximate surface area is 117 Å². The topological polar surface area (TPSA) is 21.3 Å². The third-order valence-electron chi connectivity index (χ3n) is 4.24. The lowest BCUT2D eigenvalue weighted by molar-refractivity contribution is 0.391. The summed E-state index contributed by atoms with van der Waals surface area (Å²) >= 11 is 0. The molecule has 1 atom stereocenters. The Hall–Kier alpha value is -1.02. The van der Waals surface area contributed by atoms with Crippen molar-refractivity contribution >= 4 is 0 Å². The van der Waals surface area contributed by atoms with Crippen LogP contribution in [0.4, 0.5) is 0 Å². The second-order valence-electron chi connectivity index (χ2n) is 5.99. The van der Waals surface area contributed by atoms with Crippen LogP contribution in [0.5, 0.6) is 5.75 Å². The van der Waals surface area contributed by atoms with E-state index in [4.69, 9.17) is 4.74 Å². The van der Waals surface area contributed by atoms with Gasteiger partial charge in [0.25, 0.3) is 0 Å². The van der Waals surface area contributed by atoms with Crippen molar-refractivity contribution in [2.24, 2.45) is 5.92 Å². The van der Waals surface area contributed by atoms with Crippen molar-refractivity contribution in [3.63, 3.8) is 0 Å². The Balaban J connectivity index is 2.14. The first-order valence-corrected chi connectivity index (χ1v) is 7.58. The number of nitrogens with one attached hydrogen (secondary N) is 1. The summed E-state index contributed by atoms with van der Waals surface area (Å²) in [4.78, 5) is 0. The smallest absolute Gasteiger partial charge is 0.119 e. The second kappa shape index (κ2) is 6.95. The van der Waals surface area contributed by atoms with Gasteiger partial charge in [0.05, 0.1) is 7.11 Å². The molecule has 1 fully saturated rings. The fourth-order valence-corrected chi connectivity index (χ4v) is 3.15. The molecule has 0 amide bonds. The normalized spacial score (nSPS) is 17.9. The Bertz CT molecular complexity index is 383. The molecule has 2 heteroatoms. The molecule has 0 bridgehead atoms. The molecule has 0 aliphatic heterocycles. The molecule has 19 heavy (non-hydrogen) atoms. The predicted octanol–water partition coefficient (Wildman–Crippen LogP) is 3.97. The van der Waals surface area contributed by atoms with Crippen LogP contribution in [0.3, 0.4) is 0 Å². The first kappa shape index (κ1) is 14.4. The predicted molar refractivity (Wildman–Crippen MR) is 80.8 cm³/mol. The summed E-state index contributed by atoms with van der Waals surface area (Å²) in [6.45, 7) is 5.52. The number of hydrogen-bond donors (Lipinski definition) is 1. The maximum atomic E-state index is 5.37. The summed E-state index contributed by atoms with van der Waals surface area (Å²) in [5, 5.41) is 3.62. The fourth-order valence-electron chi connectivity index (χ4n) is 3.15. The van der Waals surface area contributed by atoms with Crippen LogP contribution in [-0.2, 0) is 0 Å². The average Bonchev–Trinajstić information content (AvgIpc) is 2.93. The summed E-state index contributed by atoms with van der Waals surface area (Å²) in [6.07, 6.45) is 5.54. The zero-order valence-corrected chi connectivity index (χ0v) is 12.5. The monoisotopic (exact) mass is 261 g/mol. The first-order valence-electron chi connectivity index (χ1n) is 7.58. The number of benzene rings is 1. The molecule has 106 valence electrons. The molecule has 0 heterocycles. The van der Waals surface area contributed by atoms with E-state index in [1.807, 2.05) is 6.07 Å². The van der Waals surface area contributed by atoms with Crippen LogP contribution in [0.25, 0.3) is 0 Å². The highest BCUT2D eigenvalue weighted by atomic mass is 16.5. The van der Waals surface area contributed by atoms with Crippen LogP contribution in [0.15, 0.2) is 24.3 Å². The maximum absolute atomic E-state index is 5.37. The van der Waals surface area contributed by atoms with Crippen molar-refractivity contribution in [1.82, 2.24) is 5.32 Å². The highest BCUT2D eigenvalue weighted by molar-refractivity contribution is 5.31. The molecule has 1 aliphatic rings. The van der Waals surface area contributed by atoms with Gasteiger partial charge in [-0.1, -0.05) is 38.8 Å². The SMILES string of the molecule is COc1cccc(C(CNC(C)C)C2CCCC2)c1. The van der Waals surface area contributed by atoms with Gasteiger partial charge in [-0.25, -0.2) is 0 Å². The average molecular weight is 261 g/mol. The standard InChI is InChI=1S/C17H27NO/c1-13(2)18-12-17(14-7-4-5-8-14)15-9-6-10-16(11-15)19-3/h6,9-11,13-14,17-18H,4-5,7-8,12H2,1-3H3. The van der Waals surface area contributed by atoms with Crippen molar-refractivity contribution in [3.05, 3.63) is 29.8 Å². The van der Waals surface area contributed by atoms with E-state index in [9.17, 15) is 0 Å². The van der Waals surface area contributed by atoms with Crippen molar-refractivity contribution in [1.29, 1.82) is 0 Å². The molecule has 0 saturated heterocycles. The van der Waals surface area contributed by atoms with Crippen LogP contribution < -0.4 is 10.1 Å². The van der Waals surface area contributed by atoms with E-state index in [0.717, 1.165) is 18.2 Å². The molecular weight excluding hydrogens is 234 g/mol. The molecule has 0 radical (unpaired) electrons. The molecular formula is C17H27NO. The quantitative estimate of drug-likeness (QED) is 0.836. The lowest BCUT2D eigenvalue weighted by Crippen LogP contribution is -2.30. The van der Waals surface area contributed by atoms with Crippen molar-refractivity contribution in [3.8, 4) is 5.75 Å². The number of rotatable bonds is 6. The number of ether oxygens (including phenoxy) is 1. The molecule has 1 saturated carbocycles. The van der Waals surface area contributed by atoms with Gasteiger partial charge in [0.15, 0.2) is 0 Å². The van der Waals surface area contributed by atoms with E-state index in [1.165, 1.54) is 31.2 Å².